The van der Waals surface area contributed by atoms with Crippen LogP contribution in [-0.2, 0) is 4.74 Å². The quantitative estimate of drug-likeness (QED) is 0.302. The molecule has 1 saturated heterocycles. The maximum absolute atomic E-state index is 12.4. The molecule has 0 unspecified atom stereocenters. The number of benzene rings is 1. The van der Waals surface area contributed by atoms with Crippen molar-refractivity contribution in [1.29, 1.82) is 0 Å². The number of nitro benzene ring substituents is 1. The molecule has 2 amide bonds. The Bertz CT molecular complexity index is 773. The van der Waals surface area contributed by atoms with Gasteiger partial charge in [-0.2, -0.15) is 0 Å². The third-order valence-electron chi connectivity index (χ3n) is 4.61. The average Bonchev–Trinajstić information content (AvgIpc) is 2.69. The van der Waals surface area contributed by atoms with Crippen LogP contribution in [0.2, 0.25) is 0 Å². The fourth-order valence-corrected chi connectivity index (χ4v) is 3.50. The molecule has 0 aliphatic carbocycles. The Kier molecular flexibility index (Phi) is 8.48. The highest BCUT2D eigenvalue weighted by Crippen LogP contribution is 2.24. The first-order valence-electron chi connectivity index (χ1n) is 9.91. The summed E-state index contributed by atoms with van der Waals surface area (Å²) in [5.74, 6) is -0.438. The second kappa shape index (κ2) is 10.6. The number of nitrogens with one attached hydrogen (secondary N) is 1. The fraction of sp³-hybridized carbons (Fsp3) is 0.600. The van der Waals surface area contributed by atoms with Crippen LogP contribution in [-0.4, -0.2) is 77.8 Å². The summed E-state index contributed by atoms with van der Waals surface area (Å²) in [6, 6.07) is 4.55. The molecule has 0 saturated carbocycles. The van der Waals surface area contributed by atoms with Gasteiger partial charge < -0.3 is 15.0 Å². The lowest BCUT2D eigenvalue weighted by atomic mass is 10.1. The molecule has 2 rings (SSSR count). The molecule has 1 aliphatic rings. The zero-order valence-corrected chi connectivity index (χ0v) is 18.8. The largest absolute Gasteiger partial charge is 0.444 e. The van der Waals surface area contributed by atoms with E-state index >= 15 is 0 Å². The van der Waals surface area contributed by atoms with Crippen LogP contribution in [0, 0.1) is 10.1 Å². The van der Waals surface area contributed by atoms with Gasteiger partial charge in [-0.05, 0) is 52.1 Å². The molecular formula is C20H30N4O5S. The van der Waals surface area contributed by atoms with E-state index in [9.17, 15) is 19.7 Å². The van der Waals surface area contributed by atoms with Crippen LogP contribution >= 0.6 is 11.8 Å². The lowest BCUT2D eigenvalue weighted by Crippen LogP contribution is -2.50. The molecule has 1 fully saturated rings. The number of hydrogen-bond acceptors (Lipinski definition) is 7. The van der Waals surface area contributed by atoms with E-state index in [1.807, 2.05) is 27.0 Å². The monoisotopic (exact) mass is 438 g/mol. The Labute approximate surface area is 181 Å². The van der Waals surface area contributed by atoms with Crippen molar-refractivity contribution in [3.8, 4) is 0 Å². The van der Waals surface area contributed by atoms with Gasteiger partial charge in [0.05, 0.1) is 4.92 Å². The number of carbonyl (C=O) groups excluding carboxylic acids is 2. The van der Waals surface area contributed by atoms with Crippen LogP contribution in [0.25, 0.3) is 0 Å². The van der Waals surface area contributed by atoms with E-state index in [1.54, 1.807) is 17.0 Å². The molecule has 1 aliphatic heterocycles. The first-order valence-corrected chi connectivity index (χ1v) is 11.1. The third kappa shape index (κ3) is 7.17. The van der Waals surface area contributed by atoms with Crippen LogP contribution in [0.3, 0.4) is 0 Å². The molecule has 1 aromatic rings. The topological polar surface area (TPSA) is 105 Å². The molecule has 10 heteroatoms. The number of nitro groups is 1. The summed E-state index contributed by atoms with van der Waals surface area (Å²) < 4.78 is 5.39. The highest BCUT2D eigenvalue weighted by Gasteiger charge is 2.25. The van der Waals surface area contributed by atoms with Crippen molar-refractivity contribution in [2.45, 2.75) is 37.7 Å². The Morgan fingerprint density at radius 3 is 2.47 bits per heavy atom. The average molecular weight is 439 g/mol. The maximum Gasteiger partial charge on any atom is 0.410 e. The zero-order valence-electron chi connectivity index (χ0n) is 18.0. The van der Waals surface area contributed by atoms with Crippen LogP contribution in [0.15, 0.2) is 23.1 Å². The molecule has 166 valence electrons. The summed E-state index contributed by atoms with van der Waals surface area (Å²) in [7, 11) is 0. The summed E-state index contributed by atoms with van der Waals surface area (Å²) in [4.78, 5) is 39.9. The van der Waals surface area contributed by atoms with Gasteiger partial charge in [-0.15, -0.1) is 11.8 Å². The van der Waals surface area contributed by atoms with Gasteiger partial charge in [0.2, 0.25) is 0 Å². The number of thioether (sulfide) groups is 1. The van der Waals surface area contributed by atoms with Crippen molar-refractivity contribution in [3.05, 3.63) is 33.9 Å². The first-order chi connectivity index (χ1) is 14.1. The van der Waals surface area contributed by atoms with Gasteiger partial charge in [0.1, 0.15) is 11.2 Å². The summed E-state index contributed by atoms with van der Waals surface area (Å²) in [6.07, 6.45) is 2.28. The highest BCUT2D eigenvalue weighted by molar-refractivity contribution is 7.98. The van der Waals surface area contributed by atoms with Gasteiger partial charge in [-0.25, -0.2) is 4.79 Å². The van der Waals surface area contributed by atoms with Crippen LogP contribution in [0.4, 0.5) is 10.5 Å². The minimum Gasteiger partial charge on any atom is -0.444 e. The van der Waals surface area contributed by atoms with Gasteiger partial charge >= 0.3 is 6.09 Å². The molecule has 0 atom stereocenters. The predicted molar refractivity (Wildman–Crippen MR) is 116 cm³/mol. The lowest BCUT2D eigenvalue weighted by molar-refractivity contribution is -0.385. The molecule has 0 spiro atoms. The van der Waals surface area contributed by atoms with E-state index < -0.39 is 16.4 Å². The van der Waals surface area contributed by atoms with Crippen molar-refractivity contribution < 1.29 is 19.2 Å². The van der Waals surface area contributed by atoms with Crippen molar-refractivity contribution in [3.63, 3.8) is 0 Å². The number of nitrogens with zero attached hydrogens (tertiary/aromatic N) is 3. The summed E-state index contributed by atoms with van der Waals surface area (Å²) in [5.41, 5.74) is -0.613. The van der Waals surface area contributed by atoms with Gasteiger partial charge in [-0.1, -0.05) is 0 Å². The first kappa shape index (κ1) is 23.9. The van der Waals surface area contributed by atoms with E-state index in [4.69, 9.17) is 4.74 Å². The van der Waals surface area contributed by atoms with E-state index in [0.717, 1.165) is 24.5 Å². The van der Waals surface area contributed by atoms with E-state index in [0.29, 0.717) is 26.1 Å². The number of rotatable bonds is 7. The summed E-state index contributed by atoms with van der Waals surface area (Å²) in [6.45, 7) is 9.44. The minimum absolute atomic E-state index is 0.0813. The van der Waals surface area contributed by atoms with Crippen molar-refractivity contribution in [1.82, 2.24) is 15.1 Å². The third-order valence-corrected chi connectivity index (χ3v) is 5.33. The SMILES string of the molecule is CSc1ccc([N+](=O)[O-])c(C(=O)NCCCN2CCN(C(=O)OC(C)(C)C)CC2)c1. The highest BCUT2D eigenvalue weighted by atomic mass is 32.2. The molecule has 0 radical (unpaired) electrons. The standard InChI is InChI=1S/C20H30N4O5S/c1-20(2,3)29-19(26)23-12-10-22(11-13-23)9-5-8-21-18(25)16-14-15(30-4)6-7-17(16)24(27)28/h6-7,14H,5,8-13H2,1-4H3,(H,21,25). The minimum atomic E-state index is -0.539. The van der Waals surface area contributed by atoms with E-state index in [2.05, 4.69) is 10.2 Å². The van der Waals surface area contributed by atoms with Crippen molar-refractivity contribution in [2.24, 2.45) is 0 Å². The maximum atomic E-state index is 12.4. The second-order valence-electron chi connectivity index (χ2n) is 8.06. The fourth-order valence-electron chi connectivity index (χ4n) is 3.06. The van der Waals surface area contributed by atoms with Crippen molar-refractivity contribution >= 4 is 29.4 Å². The number of hydrogen-bond donors (Lipinski definition) is 1. The van der Waals surface area contributed by atoms with Crippen LogP contribution in [0.5, 0.6) is 0 Å². The van der Waals surface area contributed by atoms with E-state index in [-0.39, 0.29) is 17.3 Å². The number of carbonyl (C=O) groups is 2. The molecule has 1 N–H and O–H groups in total. The van der Waals surface area contributed by atoms with E-state index in [1.165, 1.54) is 17.8 Å². The Hall–Kier alpha value is -2.33. The molecule has 0 aromatic heterocycles. The molecule has 30 heavy (non-hydrogen) atoms. The molecule has 1 aromatic carbocycles. The number of amides is 2. The van der Waals surface area contributed by atoms with Gasteiger partial charge in [0.25, 0.3) is 11.6 Å². The molecule has 9 nitrogen and oxygen atoms in total. The number of piperazine rings is 1. The summed E-state index contributed by atoms with van der Waals surface area (Å²) >= 11 is 1.43. The van der Waals surface area contributed by atoms with Gasteiger partial charge in [-0.3, -0.25) is 19.8 Å². The van der Waals surface area contributed by atoms with Crippen molar-refractivity contribution in [2.75, 3.05) is 45.5 Å². The smallest absolute Gasteiger partial charge is 0.410 e. The Morgan fingerprint density at radius 2 is 1.90 bits per heavy atom. The Balaban J connectivity index is 1.75. The normalized spacial score (nSPS) is 15.0. The van der Waals surface area contributed by atoms with Crippen LogP contribution < -0.4 is 5.32 Å². The number of ether oxygens (including phenoxy) is 1. The van der Waals surface area contributed by atoms with Gasteiger partial charge in [0, 0.05) is 43.7 Å². The van der Waals surface area contributed by atoms with Crippen LogP contribution in [0.1, 0.15) is 37.6 Å². The zero-order chi connectivity index (χ0) is 22.3. The molecule has 0 bridgehead atoms. The summed E-state index contributed by atoms with van der Waals surface area (Å²) in [5, 5.41) is 14.0. The van der Waals surface area contributed by atoms with Gasteiger partial charge in [0.15, 0.2) is 0 Å². The molecule has 1 heterocycles. The lowest BCUT2D eigenvalue weighted by Gasteiger charge is -2.35. The predicted octanol–water partition coefficient (Wildman–Crippen LogP) is 2.99. The Morgan fingerprint density at radius 1 is 1.23 bits per heavy atom. The molecular weight excluding hydrogens is 408 g/mol. The second-order valence-corrected chi connectivity index (χ2v) is 8.94.